The Bertz CT molecular complexity index is 909. The van der Waals surface area contributed by atoms with Crippen molar-refractivity contribution in [2.45, 2.75) is 12.8 Å². The van der Waals surface area contributed by atoms with Crippen molar-refractivity contribution in [1.82, 2.24) is 4.98 Å². The molecule has 2 aromatic carbocycles. The van der Waals surface area contributed by atoms with Crippen LogP contribution in [-0.4, -0.2) is 17.2 Å². The van der Waals surface area contributed by atoms with Crippen LogP contribution in [0.1, 0.15) is 24.0 Å². The fourth-order valence-electron chi connectivity index (χ4n) is 3.24. The molecule has 4 rings (SSSR count). The zero-order chi connectivity index (χ0) is 16.9. The molecule has 0 saturated heterocycles. The molecule has 0 radical (unpaired) electrons. The van der Waals surface area contributed by atoms with E-state index in [0.29, 0.717) is 0 Å². The van der Waals surface area contributed by atoms with Gasteiger partial charge in [0.2, 0.25) is 0 Å². The minimum Gasteiger partial charge on any atom is -0.284 e. The van der Waals surface area contributed by atoms with Crippen LogP contribution >= 0.6 is 0 Å². The Morgan fingerprint density at radius 3 is 2.48 bits per heavy atom. The van der Waals surface area contributed by atoms with Crippen molar-refractivity contribution in [2.75, 3.05) is 6.54 Å². The molecule has 0 fully saturated rings. The van der Waals surface area contributed by atoms with Crippen LogP contribution in [0.2, 0.25) is 0 Å². The standard InChI is InChI=1S/C23H20N2/c1-2-8-19(9-3-1)20-10-4-7-18(15-20)16-21-11-6-14-25-23(21)22-12-5-13-24-17-22/h1-5,7-10,12-13,15-17H,6,11,14H2/b21-16-. The molecular weight excluding hydrogens is 304 g/mol. The van der Waals surface area contributed by atoms with E-state index in [-0.39, 0.29) is 0 Å². The third-order valence-electron chi connectivity index (χ3n) is 4.45. The van der Waals surface area contributed by atoms with Crippen LogP contribution in [0.4, 0.5) is 0 Å². The minimum absolute atomic E-state index is 0.894. The molecule has 1 aliphatic rings. The number of allylic oxidation sites excluding steroid dienone is 1. The van der Waals surface area contributed by atoms with Gasteiger partial charge in [-0.3, -0.25) is 9.98 Å². The second-order valence-corrected chi connectivity index (χ2v) is 6.24. The fourth-order valence-corrected chi connectivity index (χ4v) is 3.24. The van der Waals surface area contributed by atoms with Gasteiger partial charge in [0.25, 0.3) is 0 Å². The molecule has 122 valence electrons. The monoisotopic (exact) mass is 324 g/mol. The van der Waals surface area contributed by atoms with Gasteiger partial charge in [0.15, 0.2) is 0 Å². The third-order valence-corrected chi connectivity index (χ3v) is 4.45. The van der Waals surface area contributed by atoms with Crippen molar-refractivity contribution >= 4 is 11.8 Å². The Balaban J connectivity index is 1.70. The van der Waals surface area contributed by atoms with Gasteiger partial charge in [0.1, 0.15) is 0 Å². The van der Waals surface area contributed by atoms with Crippen LogP contribution in [0.3, 0.4) is 0 Å². The molecule has 0 unspecified atom stereocenters. The topological polar surface area (TPSA) is 25.2 Å². The van der Waals surface area contributed by atoms with Crippen molar-refractivity contribution in [3.05, 3.63) is 95.8 Å². The van der Waals surface area contributed by atoms with Crippen LogP contribution < -0.4 is 0 Å². The number of hydrogen-bond acceptors (Lipinski definition) is 2. The van der Waals surface area contributed by atoms with Gasteiger partial charge in [-0.25, -0.2) is 0 Å². The summed E-state index contributed by atoms with van der Waals surface area (Å²) in [6, 6.07) is 23.3. The SMILES string of the molecule is C(=C1\CCCN=C1c1cccnc1)/c1cccc(-c2ccccc2)c1. The number of pyridine rings is 1. The number of nitrogens with zero attached hydrogens (tertiary/aromatic N) is 2. The molecular formula is C23H20N2. The summed E-state index contributed by atoms with van der Waals surface area (Å²) in [5.41, 5.74) is 7.19. The number of aromatic nitrogens is 1. The van der Waals surface area contributed by atoms with Gasteiger partial charge >= 0.3 is 0 Å². The largest absolute Gasteiger partial charge is 0.284 e. The highest BCUT2D eigenvalue weighted by atomic mass is 14.8. The Kier molecular flexibility index (Phi) is 4.51. The summed E-state index contributed by atoms with van der Waals surface area (Å²) in [6.45, 7) is 0.894. The van der Waals surface area contributed by atoms with Gasteiger partial charge in [-0.1, -0.05) is 48.5 Å². The Hall–Kier alpha value is -3.00. The average molecular weight is 324 g/mol. The lowest BCUT2D eigenvalue weighted by molar-refractivity contribution is 0.818. The van der Waals surface area contributed by atoms with Gasteiger partial charge in [-0.2, -0.15) is 0 Å². The van der Waals surface area contributed by atoms with Crippen LogP contribution in [0.15, 0.2) is 89.7 Å². The Morgan fingerprint density at radius 2 is 1.64 bits per heavy atom. The van der Waals surface area contributed by atoms with Crippen molar-refractivity contribution in [1.29, 1.82) is 0 Å². The second kappa shape index (κ2) is 7.27. The predicted octanol–water partition coefficient (Wildman–Crippen LogP) is 5.42. The second-order valence-electron chi connectivity index (χ2n) is 6.24. The van der Waals surface area contributed by atoms with E-state index in [4.69, 9.17) is 4.99 Å². The smallest absolute Gasteiger partial charge is 0.0694 e. The summed E-state index contributed by atoms with van der Waals surface area (Å²) < 4.78 is 0. The van der Waals surface area contributed by atoms with E-state index in [9.17, 15) is 0 Å². The molecule has 0 bridgehead atoms. The number of benzene rings is 2. The maximum atomic E-state index is 4.77. The number of rotatable bonds is 3. The highest BCUT2D eigenvalue weighted by Crippen LogP contribution is 2.25. The number of aliphatic imine (C=N–C) groups is 1. The molecule has 0 spiro atoms. The van der Waals surface area contributed by atoms with E-state index in [2.05, 4.69) is 65.7 Å². The molecule has 1 aliphatic heterocycles. The summed E-state index contributed by atoms with van der Waals surface area (Å²) in [5, 5.41) is 0. The van der Waals surface area contributed by atoms with E-state index in [0.717, 1.165) is 30.7 Å². The first-order valence-corrected chi connectivity index (χ1v) is 8.71. The zero-order valence-corrected chi connectivity index (χ0v) is 14.1. The fraction of sp³-hybridized carbons (Fsp3) is 0.130. The van der Waals surface area contributed by atoms with Gasteiger partial charge in [0, 0.05) is 24.5 Å². The molecule has 25 heavy (non-hydrogen) atoms. The van der Waals surface area contributed by atoms with E-state index < -0.39 is 0 Å². The lowest BCUT2D eigenvalue weighted by atomic mass is 9.94. The highest BCUT2D eigenvalue weighted by Gasteiger charge is 2.14. The van der Waals surface area contributed by atoms with Crippen LogP contribution in [0.25, 0.3) is 17.2 Å². The zero-order valence-electron chi connectivity index (χ0n) is 14.1. The minimum atomic E-state index is 0.894. The van der Waals surface area contributed by atoms with Crippen LogP contribution in [0.5, 0.6) is 0 Å². The quantitative estimate of drug-likeness (QED) is 0.632. The molecule has 0 atom stereocenters. The highest BCUT2D eigenvalue weighted by molar-refractivity contribution is 6.15. The normalized spacial score (nSPS) is 15.8. The predicted molar refractivity (Wildman–Crippen MR) is 105 cm³/mol. The number of hydrogen-bond donors (Lipinski definition) is 0. The van der Waals surface area contributed by atoms with Crippen molar-refractivity contribution in [3.63, 3.8) is 0 Å². The lowest BCUT2D eigenvalue weighted by Gasteiger charge is -2.16. The van der Waals surface area contributed by atoms with E-state index >= 15 is 0 Å². The molecule has 0 N–H and O–H groups in total. The van der Waals surface area contributed by atoms with Gasteiger partial charge in [0.05, 0.1) is 5.71 Å². The summed E-state index contributed by atoms with van der Waals surface area (Å²) in [6.07, 6.45) is 8.15. The van der Waals surface area contributed by atoms with Crippen LogP contribution in [-0.2, 0) is 0 Å². The van der Waals surface area contributed by atoms with E-state index in [1.54, 1.807) is 6.20 Å². The maximum absolute atomic E-state index is 4.77. The van der Waals surface area contributed by atoms with Crippen LogP contribution in [0, 0.1) is 0 Å². The first-order chi connectivity index (χ1) is 12.4. The van der Waals surface area contributed by atoms with Crippen molar-refractivity contribution in [2.24, 2.45) is 4.99 Å². The summed E-state index contributed by atoms with van der Waals surface area (Å²) >= 11 is 0. The van der Waals surface area contributed by atoms with Crippen molar-refractivity contribution in [3.8, 4) is 11.1 Å². The van der Waals surface area contributed by atoms with Crippen molar-refractivity contribution < 1.29 is 0 Å². The first-order valence-electron chi connectivity index (χ1n) is 8.71. The van der Waals surface area contributed by atoms with E-state index in [1.807, 2.05) is 18.3 Å². The molecule has 2 heteroatoms. The molecule has 2 nitrogen and oxygen atoms in total. The van der Waals surface area contributed by atoms with Gasteiger partial charge < -0.3 is 0 Å². The molecule has 1 aromatic heterocycles. The average Bonchev–Trinajstić information content (AvgIpc) is 2.70. The molecule has 3 aromatic rings. The summed E-state index contributed by atoms with van der Waals surface area (Å²) in [5.74, 6) is 0. The molecule has 0 saturated carbocycles. The molecule has 0 aliphatic carbocycles. The molecule has 2 heterocycles. The van der Waals surface area contributed by atoms with Gasteiger partial charge in [-0.05, 0) is 59.4 Å². The van der Waals surface area contributed by atoms with E-state index in [1.165, 1.54) is 22.3 Å². The summed E-state index contributed by atoms with van der Waals surface area (Å²) in [4.78, 5) is 9.01. The summed E-state index contributed by atoms with van der Waals surface area (Å²) in [7, 11) is 0. The van der Waals surface area contributed by atoms with Gasteiger partial charge in [-0.15, -0.1) is 0 Å². The maximum Gasteiger partial charge on any atom is 0.0694 e. The Labute approximate surface area is 148 Å². The first kappa shape index (κ1) is 15.5. The lowest BCUT2D eigenvalue weighted by Crippen LogP contribution is -2.11. The molecule has 0 amide bonds. The third kappa shape index (κ3) is 3.58. The Morgan fingerprint density at radius 1 is 0.800 bits per heavy atom.